The van der Waals surface area contributed by atoms with E-state index in [0.29, 0.717) is 13.0 Å². The number of carbonyl (C=O) groups is 2. The van der Waals surface area contributed by atoms with Crippen LogP contribution in [0.5, 0.6) is 5.75 Å². The van der Waals surface area contributed by atoms with Gasteiger partial charge in [0.05, 0.1) is 7.11 Å². The van der Waals surface area contributed by atoms with Crippen molar-refractivity contribution in [3.63, 3.8) is 0 Å². The van der Waals surface area contributed by atoms with Gasteiger partial charge in [0.25, 0.3) is 5.91 Å². The molecule has 0 heterocycles. The molecule has 0 saturated carbocycles. The Hall–Kier alpha value is -2.82. The number of methoxy groups -OCH3 is 1. The van der Waals surface area contributed by atoms with Crippen LogP contribution < -0.4 is 10.1 Å². The molecule has 0 fully saturated rings. The van der Waals surface area contributed by atoms with Crippen molar-refractivity contribution in [3.05, 3.63) is 65.7 Å². The summed E-state index contributed by atoms with van der Waals surface area (Å²) >= 11 is 0. The van der Waals surface area contributed by atoms with E-state index in [1.54, 1.807) is 14.0 Å². The molecule has 0 aliphatic carbocycles. The van der Waals surface area contributed by atoms with Gasteiger partial charge in [-0.3, -0.25) is 9.59 Å². The molecule has 2 aromatic carbocycles. The zero-order valence-electron chi connectivity index (χ0n) is 16.8. The third kappa shape index (κ3) is 6.72. The Morgan fingerprint density at radius 1 is 1.04 bits per heavy atom. The van der Waals surface area contributed by atoms with Crippen LogP contribution in [0.4, 0.5) is 0 Å². The quantitative estimate of drug-likeness (QED) is 0.633. The number of amides is 1. The molecule has 5 heteroatoms. The fraction of sp³-hybridized carbons (Fsp3) is 0.391. The zero-order valence-corrected chi connectivity index (χ0v) is 16.8. The van der Waals surface area contributed by atoms with Gasteiger partial charge in [0, 0.05) is 18.9 Å². The lowest BCUT2D eigenvalue weighted by molar-refractivity contribution is -0.154. The van der Waals surface area contributed by atoms with Crippen molar-refractivity contribution in [3.8, 4) is 5.75 Å². The molecule has 2 aromatic rings. The number of aryl methyl sites for hydroxylation is 1. The van der Waals surface area contributed by atoms with Crippen molar-refractivity contribution in [1.82, 2.24) is 5.32 Å². The highest BCUT2D eigenvalue weighted by atomic mass is 16.5. The highest BCUT2D eigenvalue weighted by Gasteiger charge is 2.19. The lowest BCUT2D eigenvalue weighted by atomic mass is 9.96. The molecular weight excluding hydrogens is 354 g/mol. The molecule has 1 amide bonds. The van der Waals surface area contributed by atoms with Crippen molar-refractivity contribution >= 4 is 11.9 Å². The van der Waals surface area contributed by atoms with E-state index >= 15 is 0 Å². The fourth-order valence-electron chi connectivity index (χ4n) is 2.94. The van der Waals surface area contributed by atoms with Gasteiger partial charge in [-0.1, -0.05) is 49.4 Å². The lowest BCUT2D eigenvalue weighted by Gasteiger charge is -2.18. The van der Waals surface area contributed by atoms with Gasteiger partial charge in [0.2, 0.25) is 0 Å². The van der Waals surface area contributed by atoms with E-state index in [-0.39, 0.29) is 24.2 Å². The first-order valence-electron chi connectivity index (χ1n) is 9.68. The van der Waals surface area contributed by atoms with Crippen LogP contribution in [0.15, 0.2) is 54.6 Å². The molecule has 0 saturated heterocycles. The first-order valence-corrected chi connectivity index (χ1v) is 9.68. The Labute approximate surface area is 167 Å². The van der Waals surface area contributed by atoms with E-state index < -0.39 is 6.10 Å². The SMILES string of the molecule is CC[C@H](CNC(=O)[C@@H](C)OC(=O)CCc1ccc(OC)cc1)c1ccccc1. The summed E-state index contributed by atoms with van der Waals surface area (Å²) in [6.45, 7) is 4.21. The summed E-state index contributed by atoms with van der Waals surface area (Å²) in [6.07, 6.45) is 0.895. The van der Waals surface area contributed by atoms with Gasteiger partial charge >= 0.3 is 5.97 Å². The summed E-state index contributed by atoms with van der Waals surface area (Å²) in [5.41, 5.74) is 2.21. The van der Waals surface area contributed by atoms with Gasteiger partial charge in [-0.05, 0) is 43.0 Å². The molecule has 5 nitrogen and oxygen atoms in total. The van der Waals surface area contributed by atoms with E-state index in [2.05, 4.69) is 24.4 Å². The monoisotopic (exact) mass is 383 g/mol. The van der Waals surface area contributed by atoms with Crippen LogP contribution in [0.1, 0.15) is 43.7 Å². The summed E-state index contributed by atoms with van der Waals surface area (Å²) in [5, 5.41) is 2.89. The number of nitrogens with one attached hydrogen (secondary N) is 1. The number of esters is 1. The number of hydrogen-bond acceptors (Lipinski definition) is 4. The second-order valence-electron chi connectivity index (χ2n) is 6.74. The van der Waals surface area contributed by atoms with Gasteiger partial charge in [0.15, 0.2) is 6.10 Å². The predicted molar refractivity (Wildman–Crippen MR) is 109 cm³/mol. The minimum atomic E-state index is -0.809. The van der Waals surface area contributed by atoms with Crippen LogP contribution in [0, 0.1) is 0 Å². The van der Waals surface area contributed by atoms with E-state index in [9.17, 15) is 9.59 Å². The normalized spacial score (nSPS) is 12.7. The first kappa shape index (κ1) is 21.5. The minimum Gasteiger partial charge on any atom is -0.497 e. The summed E-state index contributed by atoms with van der Waals surface area (Å²) in [7, 11) is 1.61. The van der Waals surface area contributed by atoms with Gasteiger partial charge in [-0.2, -0.15) is 0 Å². The molecule has 150 valence electrons. The second-order valence-corrected chi connectivity index (χ2v) is 6.74. The molecule has 1 N–H and O–H groups in total. The van der Waals surface area contributed by atoms with Crippen LogP contribution in [-0.4, -0.2) is 31.6 Å². The minimum absolute atomic E-state index is 0.228. The molecule has 2 atom stereocenters. The van der Waals surface area contributed by atoms with Crippen LogP contribution >= 0.6 is 0 Å². The van der Waals surface area contributed by atoms with Crippen molar-refractivity contribution < 1.29 is 19.1 Å². The van der Waals surface area contributed by atoms with E-state index in [1.165, 1.54) is 5.56 Å². The van der Waals surface area contributed by atoms with E-state index in [4.69, 9.17) is 9.47 Å². The van der Waals surface area contributed by atoms with Gasteiger partial charge in [-0.15, -0.1) is 0 Å². The van der Waals surface area contributed by atoms with E-state index in [1.807, 2.05) is 42.5 Å². The topological polar surface area (TPSA) is 64.6 Å². The average Bonchev–Trinajstić information content (AvgIpc) is 2.73. The van der Waals surface area contributed by atoms with Gasteiger partial charge < -0.3 is 14.8 Å². The maximum absolute atomic E-state index is 12.3. The molecule has 2 rings (SSSR count). The van der Waals surface area contributed by atoms with Crippen molar-refractivity contribution in [2.75, 3.05) is 13.7 Å². The van der Waals surface area contributed by atoms with Gasteiger partial charge in [-0.25, -0.2) is 0 Å². The highest BCUT2D eigenvalue weighted by molar-refractivity contribution is 5.83. The average molecular weight is 383 g/mol. The second kappa shape index (κ2) is 11.1. The molecule has 0 aliphatic heterocycles. The number of ether oxygens (including phenoxy) is 2. The molecular formula is C23H29NO4. The standard InChI is InChI=1S/C23H29NO4/c1-4-19(20-8-6-5-7-9-20)16-24-23(26)17(2)28-22(25)15-12-18-10-13-21(27-3)14-11-18/h5-11,13-14,17,19H,4,12,15-16H2,1-3H3,(H,24,26)/t17-,19-/m1/s1. The lowest BCUT2D eigenvalue weighted by Crippen LogP contribution is -2.38. The number of hydrogen-bond donors (Lipinski definition) is 1. The fourth-order valence-corrected chi connectivity index (χ4v) is 2.94. The Morgan fingerprint density at radius 3 is 2.32 bits per heavy atom. The number of carbonyl (C=O) groups excluding carboxylic acids is 2. The van der Waals surface area contributed by atoms with Crippen LogP contribution in [0.25, 0.3) is 0 Å². The maximum Gasteiger partial charge on any atom is 0.306 e. The Balaban J connectivity index is 1.75. The van der Waals surface area contributed by atoms with Crippen LogP contribution in [0.2, 0.25) is 0 Å². The van der Waals surface area contributed by atoms with E-state index in [0.717, 1.165) is 17.7 Å². The first-order chi connectivity index (χ1) is 13.5. The summed E-state index contributed by atoms with van der Waals surface area (Å²) in [5.74, 6) is 0.362. The Kier molecular flexibility index (Phi) is 8.53. The predicted octanol–water partition coefficient (Wildman–Crippen LogP) is 3.87. The van der Waals surface area contributed by atoms with Gasteiger partial charge in [0.1, 0.15) is 5.75 Å². The van der Waals surface area contributed by atoms with Crippen molar-refractivity contribution in [1.29, 1.82) is 0 Å². The largest absolute Gasteiger partial charge is 0.497 e. The molecule has 0 unspecified atom stereocenters. The third-order valence-corrected chi connectivity index (χ3v) is 4.74. The third-order valence-electron chi connectivity index (χ3n) is 4.74. The molecule has 0 bridgehead atoms. The smallest absolute Gasteiger partial charge is 0.306 e. The molecule has 0 aromatic heterocycles. The summed E-state index contributed by atoms with van der Waals surface area (Å²) in [6, 6.07) is 17.6. The number of rotatable bonds is 10. The van der Waals surface area contributed by atoms with Crippen LogP contribution in [0.3, 0.4) is 0 Å². The Bertz CT molecular complexity index is 743. The van der Waals surface area contributed by atoms with Crippen molar-refractivity contribution in [2.45, 2.75) is 45.1 Å². The maximum atomic E-state index is 12.3. The van der Waals surface area contributed by atoms with Crippen LogP contribution in [-0.2, 0) is 20.7 Å². The summed E-state index contributed by atoms with van der Waals surface area (Å²) in [4.78, 5) is 24.3. The Morgan fingerprint density at radius 2 is 1.71 bits per heavy atom. The summed E-state index contributed by atoms with van der Waals surface area (Å²) < 4.78 is 10.4. The molecule has 28 heavy (non-hydrogen) atoms. The number of benzene rings is 2. The highest BCUT2D eigenvalue weighted by Crippen LogP contribution is 2.18. The zero-order chi connectivity index (χ0) is 20.4. The van der Waals surface area contributed by atoms with Crippen molar-refractivity contribution in [2.24, 2.45) is 0 Å². The molecule has 0 spiro atoms. The molecule has 0 aliphatic rings. The molecule has 0 radical (unpaired) electrons.